The summed E-state index contributed by atoms with van der Waals surface area (Å²) < 4.78 is 11.9. The maximum atomic E-state index is 12.4. The molecular formula is C22H20Cl2N2O4S2. The standard InChI is InChI=1S/C22H20Cl2N2O4S2/c1-3-26-21(28)18(32-22(26)31)11-13-8-9-16(17(10-13)29-4-2)30-12-19(27)25-15-7-5-6-14(23)20(15)24/h5-11H,3-4,12H2,1-2H3,(H,25,27)/b18-11-. The second-order valence-corrected chi connectivity index (χ2v) is 8.96. The van der Waals surface area contributed by atoms with Gasteiger partial charge in [0.2, 0.25) is 0 Å². The number of anilines is 1. The third-order valence-corrected chi connectivity index (χ3v) is 6.54. The monoisotopic (exact) mass is 510 g/mol. The molecule has 1 aliphatic heterocycles. The van der Waals surface area contributed by atoms with Crippen molar-refractivity contribution in [2.75, 3.05) is 25.1 Å². The van der Waals surface area contributed by atoms with Crippen LogP contribution in [0.15, 0.2) is 41.3 Å². The predicted octanol–water partition coefficient (Wildman–Crippen LogP) is 5.63. The Labute approximate surface area is 205 Å². The van der Waals surface area contributed by atoms with Gasteiger partial charge >= 0.3 is 0 Å². The van der Waals surface area contributed by atoms with Gasteiger partial charge in [-0.1, -0.05) is 59.3 Å². The molecule has 2 amide bonds. The van der Waals surface area contributed by atoms with E-state index in [9.17, 15) is 9.59 Å². The van der Waals surface area contributed by atoms with Gasteiger partial charge in [0, 0.05) is 6.54 Å². The Kier molecular flexibility index (Phi) is 8.42. The Morgan fingerprint density at radius 3 is 2.66 bits per heavy atom. The minimum Gasteiger partial charge on any atom is -0.490 e. The summed E-state index contributed by atoms with van der Waals surface area (Å²) in [5, 5.41) is 3.27. The first kappa shape index (κ1) is 24.4. The predicted molar refractivity (Wildman–Crippen MR) is 134 cm³/mol. The van der Waals surface area contributed by atoms with Crippen molar-refractivity contribution >= 4 is 75.1 Å². The lowest BCUT2D eigenvalue weighted by Crippen LogP contribution is -2.27. The lowest BCUT2D eigenvalue weighted by molar-refractivity contribution is -0.122. The summed E-state index contributed by atoms with van der Waals surface area (Å²) in [6, 6.07) is 10.2. The number of amides is 2. The van der Waals surface area contributed by atoms with Gasteiger partial charge in [-0.05, 0) is 49.8 Å². The summed E-state index contributed by atoms with van der Waals surface area (Å²) in [7, 11) is 0. The Balaban J connectivity index is 1.71. The molecule has 1 fully saturated rings. The van der Waals surface area contributed by atoms with Crippen LogP contribution in [0.4, 0.5) is 5.69 Å². The molecule has 0 radical (unpaired) electrons. The highest BCUT2D eigenvalue weighted by atomic mass is 35.5. The van der Waals surface area contributed by atoms with E-state index in [1.54, 1.807) is 47.4 Å². The highest BCUT2D eigenvalue weighted by Gasteiger charge is 2.30. The molecule has 1 aliphatic rings. The van der Waals surface area contributed by atoms with Crippen LogP contribution in [0, 0.1) is 0 Å². The SMILES string of the molecule is CCOc1cc(/C=C2\SC(=S)N(CC)C2=O)ccc1OCC(=O)Nc1cccc(Cl)c1Cl. The second kappa shape index (κ2) is 11.0. The smallest absolute Gasteiger partial charge is 0.266 e. The molecular weight excluding hydrogens is 491 g/mol. The van der Waals surface area contributed by atoms with Crippen LogP contribution < -0.4 is 14.8 Å². The molecule has 32 heavy (non-hydrogen) atoms. The fourth-order valence-electron chi connectivity index (χ4n) is 2.86. The van der Waals surface area contributed by atoms with Crippen molar-refractivity contribution < 1.29 is 19.1 Å². The van der Waals surface area contributed by atoms with Crippen LogP contribution in [0.5, 0.6) is 11.5 Å². The average Bonchev–Trinajstić information content (AvgIpc) is 3.03. The number of carbonyl (C=O) groups excluding carboxylic acids is 2. The zero-order valence-corrected chi connectivity index (χ0v) is 20.5. The molecule has 1 N–H and O–H groups in total. The van der Waals surface area contributed by atoms with Crippen LogP contribution in [0.25, 0.3) is 6.08 Å². The van der Waals surface area contributed by atoms with Gasteiger partial charge in [-0.15, -0.1) is 0 Å². The van der Waals surface area contributed by atoms with Crippen molar-refractivity contribution in [2.24, 2.45) is 0 Å². The van der Waals surface area contributed by atoms with Gasteiger partial charge in [0.05, 0.1) is 27.2 Å². The Bertz CT molecular complexity index is 1090. The highest BCUT2D eigenvalue weighted by Crippen LogP contribution is 2.35. The zero-order valence-electron chi connectivity index (χ0n) is 17.3. The molecule has 0 aliphatic carbocycles. The molecule has 10 heteroatoms. The van der Waals surface area contributed by atoms with Crippen LogP contribution in [-0.4, -0.2) is 40.8 Å². The molecule has 0 aromatic heterocycles. The van der Waals surface area contributed by atoms with Gasteiger partial charge in [-0.2, -0.15) is 0 Å². The number of hydrogen-bond acceptors (Lipinski definition) is 6. The van der Waals surface area contributed by atoms with Gasteiger partial charge in [-0.25, -0.2) is 0 Å². The number of likely N-dealkylation sites (N-methyl/N-ethyl adjacent to an activating group) is 1. The second-order valence-electron chi connectivity index (χ2n) is 6.50. The van der Waals surface area contributed by atoms with Crippen molar-refractivity contribution in [2.45, 2.75) is 13.8 Å². The summed E-state index contributed by atoms with van der Waals surface area (Å²) in [5.41, 5.74) is 1.16. The Morgan fingerprint density at radius 2 is 1.97 bits per heavy atom. The summed E-state index contributed by atoms with van der Waals surface area (Å²) >= 11 is 18.6. The number of thiocarbonyl (C=S) groups is 1. The first-order valence-electron chi connectivity index (χ1n) is 9.72. The average molecular weight is 511 g/mol. The largest absolute Gasteiger partial charge is 0.490 e. The third-order valence-electron chi connectivity index (χ3n) is 4.34. The summed E-state index contributed by atoms with van der Waals surface area (Å²) in [6.07, 6.45) is 1.76. The van der Waals surface area contributed by atoms with E-state index in [1.165, 1.54) is 11.8 Å². The summed E-state index contributed by atoms with van der Waals surface area (Å²) in [5.74, 6) is 0.347. The molecule has 0 spiro atoms. The zero-order chi connectivity index (χ0) is 23.3. The van der Waals surface area contributed by atoms with Gasteiger partial charge in [0.25, 0.3) is 11.8 Å². The molecule has 2 aromatic rings. The van der Waals surface area contributed by atoms with Gasteiger partial charge in [0.15, 0.2) is 18.1 Å². The molecule has 2 aromatic carbocycles. The minimum atomic E-state index is -0.399. The van der Waals surface area contributed by atoms with Crippen molar-refractivity contribution in [3.05, 3.63) is 56.9 Å². The number of nitrogens with one attached hydrogen (secondary N) is 1. The fraction of sp³-hybridized carbons (Fsp3) is 0.227. The molecule has 6 nitrogen and oxygen atoms in total. The molecule has 1 heterocycles. The maximum absolute atomic E-state index is 12.4. The molecule has 0 unspecified atom stereocenters. The van der Waals surface area contributed by atoms with Crippen LogP contribution in [0.1, 0.15) is 19.4 Å². The molecule has 0 atom stereocenters. The van der Waals surface area contributed by atoms with Gasteiger partial charge in [0.1, 0.15) is 4.32 Å². The molecule has 1 saturated heterocycles. The first-order valence-corrected chi connectivity index (χ1v) is 11.7. The number of benzene rings is 2. The fourth-order valence-corrected chi connectivity index (χ4v) is 4.59. The van der Waals surface area contributed by atoms with Crippen molar-refractivity contribution in [3.8, 4) is 11.5 Å². The van der Waals surface area contributed by atoms with E-state index in [4.69, 9.17) is 44.9 Å². The molecule has 3 rings (SSSR count). The number of ether oxygens (including phenoxy) is 2. The van der Waals surface area contributed by atoms with Gasteiger partial charge in [-0.3, -0.25) is 14.5 Å². The molecule has 168 valence electrons. The normalized spacial score (nSPS) is 14.8. The summed E-state index contributed by atoms with van der Waals surface area (Å²) in [4.78, 5) is 26.8. The van der Waals surface area contributed by atoms with Crippen LogP contribution in [0.2, 0.25) is 10.0 Å². The van der Waals surface area contributed by atoms with E-state index in [2.05, 4.69) is 5.32 Å². The van der Waals surface area contributed by atoms with Crippen LogP contribution >= 0.6 is 47.2 Å². The van der Waals surface area contributed by atoms with E-state index >= 15 is 0 Å². The number of halogens is 2. The lowest BCUT2D eigenvalue weighted by Gasteiger charge is -2.13. The highest BCUT2D eigenvalue weighted by molar-refractivity contribution is 8.26. The molecule has 0 saturated carbocycles. The summed E-state index contributed by atoms with van der Waals surface area (Å²) in [6.45, 7) is 4.40. The molecule has 0 bridgehead atoms. The van der Waals surface area contributed by atoms with Crippen LogP contribution in [0.3, 0.4) is 0 Å². The van der Waals surface area contributed by atoms with E-state index in [-0.39, 0.29) is 17.5 Å². The quantitative estimate of drug-likeness (QED) is 0.366. The number of thioether (sulfide) groups is 1. The van der Waals surface area contributed by atoms with Crippen molar-refractivity contribution in [3.63, 3.8) is 0 Å². The number of hydrogen-bond donors (Lipinski definition) is 1. The minimum absolute atomic E-state index is 0.114. The van der Waals surface area contributed by atoms with E-state index in [0.29, 0.717) is 44.6 Å². The number of carbonyl (C=O) groups is 2. The third kappa shape index (κ3) is 5.75. The Hall–Kier alpha value is -2.26. The van der Waals surface area contributed by atoms with E-state index < -0.39 is 5.91 Å². The van der Waals surface area contributed by atoms with Crippen LogP contribution in [-0.2, 0) is 9.59 Å². The first-order chi connectivity index (χ1) is 15.3. The van der Waals surface area contributed by atoms with E-state index in [0.717, 1.165) is 5.56 Å². The lowest BCUT2D eigenvalue weighted by atomic mass is 10.2. The van der Waals surface area contributed by atoms with E-state index in [1.807, 2.05) is 13.8 Å². The van der Waals surface area contributed by atoms with Gasteiger partial charge < -0.3 is 14.8 Å². The topological polar surface area (TPSA) is 67.9 Å². The van der Waals surface area contributed by atoms with Crippen molar-refractivity contribution in [1.82, 2.24) is 4.90 Å². The number of nitrogens with zero attached hydrogens (tertiary/aromatic N) is 1. The number of rotatable bonds is 8. The Morgan fingerprint density at radius 1 is 1.19 bits per heavy atom. The maximum Gasteiger partial charge on any atom is 0.266 e. The van der Waals surface area contributed by atoms with Crippen molar-refractivity contribution in [1.29, 1.82) is 0 Å².